The fourth-order valence-electron chi connectivity index (χ4n) is 2.43. The highest BCUT2D eigenvalue weighted by molar-refractivity contribution is 5.78. The number of aryl methyl sites for hydroxylation is 1. The Balaban J connectivity index is 1.85. The Morgan fingerprint density at radius 1 is 1.37 bits per heavy atom. The van der Waals surface area contributed by atoms with Crippen LogP contribution in [0.25, 0.3) is 0 Å². The van der Waals surface area contributed by atoms with Crippen molar-refractivity contribution in [1.82, 2.24) is 4.90 Å². The molecule has 1 aromatic rings. The molecule has 2 rings (SSSR count). The minimum Gasteiger partial charge on any atom is -0.389 e. The van der Waals surface area contributed by atoms with Gasteiger partial charge in [0.2, 0.25) is 5.91 Å². The van der Waals surface area contributed by atoms with Gasteiger partial charge < -0.3 is 14.9 Å². The first-order valence-corrected chi connectivity index (χ1v) is 6.80. The average Bonchev–Trinajstić information content (AvgIpc) is 2.75. The Morgan fingerprint density at radius 3 is 2.63 bits per heavy atom. The van der Waals surface area contributed by atoms with E-state index >= 15 is 0 Å². The molecule has 1 amide bonds. The highest BCUT2D eigenvalue weighted by Gasteiger charge is 2.23. The SMILES string of the molecule is Cc1ccc(N(C)CC(O)CN2CCCC2=O)cc1. The van der Waals surface area contributed by atoms with Crippen molar-refractivity contribution in [2.45, 2.75) is 25.9 Å². The van der Waals surface area contributed by atoms with Crippen LogP contribution in [-0.2, 0) is 4.79 Å². The quantitative estimate of drug-likeness (QED) is 0.872. The molecule has 1 atom stereocenters. The van der Waals surface area contributed by atoms with Crippen molar-refractivity contribution >= 4 is 11.6 Å². The summed E-state index contributed by atoms with van der Waals surface area (Å²) in [5, 5.41) is 10.1. The van der Waals surface area contributed by atoms with Crippen LogP contribution in [0, 0.1) is 6.92 Å². The molecule has 19 heavy (non-hydrogen) atoms. The van der Waals surface area contributed by atoms with Gasteiger partial charge in [-0.3, -0.25) is 4.79 Å². The van der Waals surface area contributed by atoms with E-state index in [1.54, 1.807) is 4.90 Å². The summed E-state index contributed by atoms with van der Waals surface area (Å²) in [6.07, 6.45) is 1.04. The van der Waals surface area contributed by atoms with Gasteiger partial charge in [0, 0.05) is 38.8 Å². The Bertz CT molecular complexity index is 430. The molecule has 1 unspecified atom stereocenters. The monoisotopic (exact) mass is 262 g/mol. The molecule has 1 aliphatic rings. The number of likely N-dealkylation sites (tertiary alicyclic amines) is 1. The van der Waals surface area contributed by atoms with Crippen molar-refractivity contribution in [1.29, 1.82) is 0 Å². The zero-order valence-corrected chi connectivity index (χ0v) is 11.7. The summed E-state index contributed by atoms with van der Waals surface area (Å²) in [6.45, 7) is 3.81. The molecular weight excluding hydrogens is 240 g/mol. The van der Waals surface area contributed by atoms with E-state index in [2.05, 4.69) is 19.1 Å². The van der Waals surface area contributed by atoms with Crippen LogP contribution in [0.5, 0.6) is 0 Å². The van der Waals surface area contributed by atoms with Crippen LogP contribution in [0.1, 0.15) is 18.4 Å². The number of benzene rings is 1. The van der Waals surface area contributed by atoms with Gasteiger partial charge in [-0.2, -0.15) is 0 Å². The summed E-state index contributed by atoms with van der Waals surface area (Å²) in [7, 11) is 1.96. The highest BCUT2D eigenvalue weighted by Crippen LogP contribution is 2.15. The second-order valence-corrected chi connectivity index (χ2v) is 5.31. The molecule has 0 spiro atoms. The van der Waals surface area contributed by atoms with Gasteiger partial charge in [-0.25, -0.2) is 0 Å². The summed E-state index contributed by atoms with van der Waals surface area (Å²) >= 11 is 0. The van der Waals surface area contributed by atoms with Crippen LogP contribution in [0.3, 0.4) is 0 Å². The molecular formula is C15H22N2O2. The minimum atomic E-state index is -0.506. The van der Waals surface area contributed by atoms with Crippen molar-refractivity contribution in [3.8, 4) is 0 Å². The maximum Gasteiger partial charge on any atom is 0.222 e. The molecule has 104 valence electrons. The van der Waals surface area contributed by atoms with E-state index in [1.165, 1.54) is 5.56 Å². The number of amides is 1. The van der Waals surface area contributed by atoms with E-state index in [0.717, 1.165) is 18.7 Å². The molecule has 0 bridgehead atoms. The third kappa shape index (κ3) is 3.70. The third-order valence-corrected chi connectivity index (χ3v) is 3.56. The number of aliphatic hydroxyl groups is 1. The number of hydrogen-bond donors (Lipinski definition) is 1. The number of anilines is 1. The van der Waals surface area contributed by atoms with Crippen molar-refractivity contribution in [2.75, 3.05) is 31.6 Å². The van der Waals surface area contributed by atoms with Gasteiger partial charge in [0.15, 0.2) is 0 Å². The maximum atomic E-state index is 11.5. The van der Waals surface area contributed by atoms with Crippen molar-refractivity contribution in [2.24, 2.45) is 0 Å². The van der Waals surface area contributed by atoms with Crippen molar-refractivity contribution in [3.63, 3.8) is 0 Å². The normalized spacial score (nSPS) is 16.8. The van der Waals surface area contributed by atoms with Crippen LogP contribution in [0.2, 0.25) is 0 Å². The second kappa shape index (κ2) is 6.06. The van der Waals surface area contributed by atoms with Crippen molar-refractivity contribution < 1.29 is 9.90 Å². The van der Waals surface area contributed by atoms with Gasteiger partial charge >= 0.3 is 0 Å². The summed E-state index contributed by atoms with van der Waals surface area (Å²) in [6, 6.07) is 8.20. The molecule has 0 aromatic heterocycles. The highest BCUT2D eigenvalue weighted by atomic mass is 16.3. The lowest BCUT2D eigenvalue weighted by atomic mass is 10.2. The number of β-amino-alcohol motifs (C(OH)–C–C–N with tert-alkyl or cyclic N) is 1. The molecule has 1 aromatic carbocycles. The largest absolute Gasteiger partial charge is 0.389 e. The van der Waals surface area contributed by atoms with E-state index < -0.39 is 6.10 Å². The van der Waals surface area contributed by atoms with Gasteiger partial charge in [-0.05, 0) is 25.5 Å². The molecule has 0 saturated carbocycles. The molecule has 0 radical (unpaired) electrons. The second-order valence-electron chi connectivity index (χ2n) is 5.31. The van der Waals surface area contributed by atoms with E-state index in [0.29, 0.717) is 19.5 Å². The fourth-order valence-corrected chi connectivity index (χ4v) is 2.43. The Kier molecular flexibility index (Phi) is 4.43. The van der Waals surface area contributed by atoms with Crippen LogP contribution in [0.4, 0.5) is 5.69 Å². The molecule has 4 nitrogen and oxygen atoms in total. The third-order valence-electron chi connectivity index (χ3n) is 3.56. The molecule has 0 aliphatic carbocycles. The lowest BCUT2D eigenvalue weighted by Crippen LogP contribution is -2.39. The first-order chi connectivity index (χ1) is 9.06. The smallest absolute Gasteiger partial charge is 0.222 e. The summed E-state index contributed by atoms with van der Waals surface area (Å²) in [4.78, 5) is 15.3. The number of likely N-dealkylation sites (N-methyl/N-ethyl adjacent to an activating group) is 1. The number of nitrogens with zero attached hydrogens (tertiary/aromatic N) is 2. The van der Waals surface area contributed by atoms with Gasteiger partial charge in [-0.15, -0.1) is 0 Å². The van der Waals surface area contributed by atoms with Gasteiger partial charge in [-0.1, -0.05) is 17.7 Å². The zero-order chi connectivity index (χ0) is 13.8. The van der Waals surface area contributed by atoms with Crippen LogP contribution >= 0.6 is 0 Å². The maximum absolute atomic E-state index is 11.5. The van der Waals surface area contributed by atoms with E-state index in [9.17, 15) is 9.90 Å². The Morgan fingerprint density at radius 2 is 2.05 bits per heavy atom. The van der Waals surface area contributed by atoms with Gasteiger partial charge in [0.25, 0.3) is 0 Å². The molecule has 4 heteroatoms. The standard InChI is InChI=1S/C15H22N2O2/c1-12-5-7-13(8-6-12)16(2)10-14(18)11-17-9-3-4-15(17)19/h5-8,14,18H,3-4,9-11H2,1-2H3. The number of carbonyl (C=O) groups excluding carboxylic acids is 1. The van der Waals surface area contributed by atoms with Crippen molar-refractivity contribution in [3.05, 3.63) is 29.8 Å². The minimum absolute atomic E-state index is 0.164. The van der Waals surface area contributed by atoms with Gasteiger partial charge in [0.05, 0.1) is 6.10 Å². The summed E-state index contributed by atoms with van der Waals surface area (Å²) in [5.74, 6) is 0.164. The molecule has 1 aliphatic heterocycles. The van der Waals surface area contributed by atoms with E-state index in [-0.39, 0.29) is 5.91 Å². The molecule has 1 N–H and O–H groups in total. The average molecular weight is 262 g/mol. The lowest BCUT2D eigenvalue weighted by Gasteiger charge is -2.26. The number of hydrogen-bond acceptors (Lipinski definition) is 3. The van der Waals surface area contributed by atoms with Crippen LogP contribution < -0.4 is 4.90 Å². The summed E-state index contributed by atoms with van der Waals surface area (Å²) in [5.41, 5.74) is 2.30. The Hall–Kier alpha value is -1.55. The van der Waals surface area contributed by atoms with E-state index in [1.807, 2.05) is 24.1 Å². The molecule has 1 fully saturated rings. The Labute approximate surface area is 114 Å². The first-order valence-electron chi connectivity index (χ1n) is 6.80. The first kappa shape index (κ1) is 13.9. The number of carbonyl (C=O) groups is 1. The predicted octanol–water partition coefficient (Wildman–Crippen LogP) is 1.41. The van der Waals surface area contributed by atoms with E-state index in [4.69, 9.17) is 0 Å². The number of aliphatic hydroxyl groups excluding tert-OH is 1. The molecule has 1 saturated heterocycles. The lowest BCUT2D eigenvalue weighted by molar-refractivity contribution is -0.128. The summed E-state index contributed by atoms with van der Waals surface area (Å²) < 4.78 is 0. The zero-order valence-electron chi connectivity index (χ0n) is 11.7. The fraction of sp³-hybridized carbons (Fsp3) is 0.533. The van der Waals surface area contributed by atoms with Crippen LogP contribution in [-0.4, -0.2) is 48.7 Å². The molecule has 1 heterocycles. The van der Waals surface area contributed by atoms with Gasteiger partial charge in [0.1, 0.15) is 0 Å². The predicted molar refractivity (Wildman–Crippen MR) is 76.3 cm³/mol. The number of rotatable bonds is 5. The van der Waals surface area contributed by atoms with Crippen LogP contribution in [0.15, 0.2) is 24.3 Å². The topological polar surface area (TPSA) is 43.8 Å².